The highest BCUT2D eigenvalue weighted by molar-refractivity contribution is 5.77. The normalized spacial score (nSPS) is 13.8. The molecule has 0 heteroatoms. The molecule has 0 aromatic heterocycles. The molecule has 3 aromatic carbocycles. The van der Waals surface area contributed by atoms with E-state index in [1.54, 1.807) is 0 Å². The minimum Gasteiger partial charge on any atom is -0.0727 e. The fourth-order valence-electron chi connectivity index (χ4n) is 5.12. The third-order valence-electron chi connectivity index (χ3n) is 7.79. The first kappa shape index (κ1) is 29.2. The van der Waals surface area contributed by atoms with Gasteiger partial charge >= 0.3 is 0 Å². The number of benzene rings is 3. The van der Waals surface area contributed by atoms with Gasteiger partial charge in [0.1, 0.15) is 0 Å². The van der Waals surface area contributed by atoms with Gasteiger partial charge in [0.2, 0.25) is 0 Å². The lowest BCUT2D eigenvalue weighted by Crippen LogP contribution is -1.96. The van der Waals surface area contributed by atoms with E-state index in [0.29, 0.717) is 0 Å². The molecular formula is C38H46. The van der Waals surface area contributed by atoms with Gasteiger partial charge in [-0.1, -0.05) is 96.1 Å². The average molecular weight is 503 g/mol. The summed E-state index contributed by atoms with van der Waals surface area (Å²) < 4.78 is 0. The summed E-state index contributed by atoms with van der Waals surface area (Å²) >= 11 is 0. The minimum atomic E-state index is 1.09. The van der Waals surface area contributed by atoms with Crippen molar-refractivity contribution in [3.05, 3.63) is 141 Å². The maximum absolute atomic E-state index is 2.39. The van der Waals surface area contributed by atoms with Crippen LogP contribution in [0.25, 0.3) is 11.1 Å². The Hall–Kier alpha value is -3.38. The van der Waals surface area contributed by atoms with Crippen LogP contribution >= 0.6 is 0 Å². The third-order valence-corrected chi connectivity index (χ3v) is 7.79. The zero-order chi connectivity index (χ0) is 27.7. The van der Waals surface area contributed by atoms with Crippen molar-refractivity contribution < 1.29 is 0 Å². The van der Waals surface area contributed by atoms with Gasteiger partial charge < -0.3 is 0 Å². The molecule has 0 spiro atoms. The first-order valence-electron chi connectivity index (χ1n) is 14.0. The van der Waals surface area contributed by atoms with Gasteiger partial charge in [-0.05, 0) is 137 Å². The molecule has 0 aliphatic heterocycles. The minimum absolute atomic E-state index is 1.09. The Bertz CT molecular complexity index is 1230. The molecule has 0 bridgehead atoms. The van der Waals surface area contributed by atoms with Crippen LogP contribution in [0.3, 0.4) is 0 Å². The zero-order valence-electron chi connectivity index (χ0n) is 24.9. The van der Waals surface area contributed by atoms with Crippen LogP contribution in [0.2, 0.25) is 0 Å². The smallest absolute Gasteiger partial charge is 0.0192 e. The van der Waals surface area contributed by atoms with Crippen LogP contribution in [0.5, 0.6) is 0 Å². The van der Waals surface area contributed by atoms with E-state index in [1.807, 2.05) is 0 Å². The Morgan fingerprint density at radius 2 is 0.868 bits per heavy atom. The summed E-state index contributed by atoms with van der Waals surface area (Å²) in [6, 6.07) is 26.3. The molecule has 0 aliphatic carbocycles. The Morgan fingerprint density at radius 1 is 0.526 bits per heavy atom. The van der Waals surface area contributed by atoms with E-state index in [0.717, 1.165) is 25.7 Å². The van der Waals surface area contributed by atoms with Crippen LogP contribution in [-0.4, -0.2) is 0 Å². The van der Waals surface area contributed by atoms with Crippen LogP contribution in [0.15, 0.2) is 107 Å². The lowest BCUT2D eigenvalue weighted by Gasteiger charge is -2.16. The van der Waals surface area contributed by atoms with E-state index in [1.165, 1.54) is 66.8 Å². The van der Waals surface area contributed by atoms with Crippen molar-refractivity contribution in [2.24, 2.45) is 0 Å². The fourth-order valence-corrected chi connectivity index (χ4v) is 5.12. The Labute approximate surface area is 232 Å². The molecule has 3 rings (SSSR count). The van der Waals surface area contributed by atoms with E-state index in [9.17, 15) is 0 Å². The highest BCUT2D eigenvalue weighted by Gasteiger charge is 2.10. The van der Waals surface area contributed by atoms with E-state index in [2.05, 4.69) is 140 Å². The molecule has 0 unspecified atom stereocenters. The van der Waals surface area contributed by atoms with Crippen LogP contribution in [0.4, 0.5) is 0 Å². The SMILES string of the molecule is C/C(=C\C(C)=C(/C)c1cc(C)c(/C(C)=C(C)/C=C(\C)CCc2ccccc2)cc1C)CCc1ccccc1. The summed E-state index contributed by atoms with van der Waals surface area (Å²) in [5, 5.41) is 0. The van der Waals surface area contributed by atoms with E-state index in [4.69, 9.17) is 0 Å². The van der Waals surface area contributed by atoms with Crippen LogP contribution in [0, 0.1) is 13.8 Å². The molecule has 0 atom stereocenters. The number of hydrogen-bond acceptors (Lipinski definition) is 0. The van der Waals surface area contributed by atoms with Crippen LogP contribution in [-0.2, 0) is 12.8 Å². The summed E-state index contributed by atoms with van der Waals surface area (Å²) in [7, 11) is 0. The molecule has 0 radical (unpaired) electrons. The van der Waals surface area contributed by atoms with Crippen molar-refractivity contribution in [1.82, 2.24) is 0 Å². The second-order valence-electron chi connectivity index (χ2n) is 11.1. The van der Waals surface area contributed by atoms with Gasteiger partial charge in [-0.25, -0.2) is 0 Å². The van der Waals surface area contributed by atoms with Gasteiger partial charge in [-0.2, -0.15) is 0 Å². The van der Waals surface area contributed by atoms with Crippen LogP contribution < -0.4 is 0 Å². The molecule has 3 aromatic rings. The van der Waals surface area contributed by atoms with E-state index in [-0.39, 0.29) is 0 Å². The lowest BCUT2D eigenvalue weighted by atomic mass is 9.89. The second-order valence-corrected chi connectivity index (χ2v) is 11.1. The summed E-state index contributed by atoms with van der Waals surface area (Å²) in [4.78, 5) is 0. The Kier molecular flexibility index (Phi) is 10.7. The Balaban J connectivity index is 1.77. The molecule has 0 amide bonds. The van der Waals surface area contributed by atoms with Gasteiger partial charge in [-0.3, -0.25) is 0 Å². The molecule has 0 saturated heterocycles. The number of aryl methyl sites for hydroxylation is 4. The lowest BCUT2D eigenvalue weighted by molar-refractivity contribution is 0.939. The molecule has 38 heavy (non-hydrogen) atoms. The summed E-state index contributed by atoms with van der Waals surface area (Å²) in [6.45, 7) is 18.1. The summed E-state index contributed by atoms with van der Waals surface area (Å²) in [6.07, 6.45) is 9.11. The molecule has 0 N–H and O–H groups in total. The van der Waals surface area contributed by atoms with Crippen molar-refractivity contribution in [2.75, 3.05) is 0 Å². The van der Waals surface area contributed by atoms with E-state index < -0.39 is 0 Å². The van der Waals surface area contributed by atoms with E-state index >= 15 is 0 Å². The van der Waals surface area contributed by atoms with Crippen molar-refractivity contribution in [2.45, 2.75) is 81.1 Å². The molecule has 0 saturated carbocycles. The first-order chi connectivity index (χ1) is 18.2. The quantitative estimate of drug-likeness (QED) is 0.242. The Morgan fingerprint density at radius 3 is 1.21 bits per heavy atom. The van der Waals surface area contributed by atoms with Crippen molar-refractivity contribution >= 4 is 11.1 Å². The molecular weight excluding hydrogens is 456 g/mol. The molecule has 0 nitrogen and oxygen atoms in total. The van der Waals surface area contributed by atoms with Gasteiger partial charge in [0, 0.05) is 0 Å². The average Bonchev–Trinajstić information content (AvgIpc) is 2.92. The third kappa shape index (κ3) is 8.32. The number of allylic oxidation sites excluding steroid dienone is 8. The van der Waals surface area contributed by atoms with Gasteiger partial charge in [0.25, 0.3) is 0 Å². The van der Waals surface area contributed by atoms with Gasteiger partial charge in [-0.15, -0.1) is 0 Å². The highest BCUT2D eigenvalue weighted by Crippen LogP contribution is 2.31. The fraction of sp³-hybridized carbons (Fsp3) is 0.316. The maximum atomic E-state index is 2.39. The van der Waals surface area contributed by atoms with Gasteiger partial charge in [0.05, 0.1) is 0 Å². The topological polar surface area (TPSA) is 0 Å². The predicted molar refractivity (Wildman–Crippen MR) is 169 cm³/mol. The van der Waals surface area contributed by atoms with Crippen molar-refractivity contribution in [3.8, 4) is 0 Å². The molecule has 0 fully saturated rings. The first-order valence-corrected chi connectivity index (χ1v) is 14.0. The van der Waals surface area contributed by atoms with Crippen molar-refractivity contribution in [3.63, 3.8) is 0 Å². The molecule has 0 aliphatic rings. The number of rotatable bonds is 10. The summed E-state index contributed by atoms with van der Waals surface area (Å²) in [5.41, 5.74) is 16.5. The van der Waals surface area contributed by atoms with Crippen LogP contribution in [0.1, 0.15) is 87.8 Å². The number of hydrogen-bond donors (Lipinski definition) is 0. The monoisotopic (exact) mass is 502 g/mol. The van der Waals surface area contributed by atoms with Gasteiger partial charge in [0.15, 0.2) is 0 Å². The standard InChI is InChI=1S/C38H46/c1-27(19-21-35-15-11-9-12-16-35)23-29(3)33(7)37-25-32(6)38(26-31(37)5)34(8)30(4)24-28(2)20-22-36-17-13-10-14-18-36/h9-18,23-26H,19-22H2,1-8H3/b27-23+,28-24+,33-29+,34-30+. The molecule has 0 heterocycles. The zero-order valence-corrected chi connectivity index (χ0v) is 24.9. The summed E-state index contributed by atoms with van der Waals surface area (Å²) in [5.74, 6) is 0. The highest BCUT2D eigenvalue weighted by atomic mass is 14.2. The maximum Gasteiger partial charge on any atom is -0.0192 e. The predicted octanol–water partition coefficient (Wildman–Crippen LogP) is 11.0. The molecule has 198 valence electrons. The second kappa shape index (κ2) is 14.0. The largest absolute Gasteiger partial charge is 0.0727 e. The van der Waals surface area contributed by atoms with Crippen molar-refractivity contribution in [1.29, 1.82) is 0 Å².